The van der Waals surface area contributed by atoms with Gasteiger partial charge in [0.1, 0.15) is 12.4 Å². The maximum Gasteiger partial charge on any atom is 0.221 e. The number of pyridine rings is 2. The third-order valence-corrected chi connectivity index (χ3v) is 5.01. The number of ether oxygens (including phenoxy) is 2. The molecule has 1 unspecified atom stereocenters. The number of hydrogen-bond acceptors (Lipinski definition) is 6. The van der Waals surface area contributed by atoms with Crippen LogP contribution in [0.1, 0.15) is 19.3 Å². The van der Waals surface area contributed by atoms with Gasteiger partial charge in [-0.2, -0.15) is 5.10 Å². The van der Waals surface area contributed by atoms with E-state index in [1.807, 2.05) is 30.3 Å². The van der Waals surface area contributed by atoms with Crippen molar-refractivity contribution < 1.29 is 9.47 Å². The van der Waals surface area contributed by atoms with Gasteiger partial charge in [0.05, 0.1) is 11.5 Å². The third kappa shape index (κ3) is 3.36. The number of anilines is 2. The smallest absolute Gasteiger partial charge is 0.221 e. The van der Waals surface area contributed by atoms with Crippen LogP contribution in [0.5, 0.6) is 5.88 Å². The van der Waals surface area contributed by atoms with Crippen molar-refractivity contribution in [1.82, 2.24) is 20.2 Å². The number of benzene rings is 1. The van der Waals surface area contributed by atoms with E-state index in [0.29, 0.717) is 18.1 Å². The van der Waals surface area contributed by atoms with Crippen LogP contribution in [0.3, 0.4) is 0 Å². The maximum absolute atomic E-state index is 5.98. The maximum atomic E-state index is 5.98. The normalized spacial score (nSPS) is 17.1. The lowest BCUT2D eigenvalue weighted by molar-refractivity contribution is -0.0116. The van der Waals surface area contributed by atoms with E-state index >= 15 is 0 Å². The lowest BCUT2D eigenvalue weighted by atomic mass is 10.1. The van der Waals surface area contributed by atoms with Crippen LogP contribution in [0.4, 0.5) is 11.5 Å². The number of aromatic nitrogens is 4. The lowest BCUT2D eigenvalue weighted by Crippen LogP contribution is -2.26. The summed E-state index contributed by atoms with van der Waals surface area (Å²) in [6.45, 7) is 1.36. The molecule has 5 rings (SSSR count). The second-order valence-electron chi connectivity index (χ2n) is 6.95. The predicted octanol–water partition coefficient (Wildman–Crippen LogP) is 4.20. The number of nitrogens with zero attached hydrogens (tertiary/aromatic N) is 3. The molecule has 1 atom stereocenters. The molecule has 28 heavy (non-hydrogen) atoms. The minimum Gasteiger partial charge on any atom is -0.474 e. The number of fused-ring (bicyclic) bond motifs is 2. The number of hydrogen-bond donors (Lipinski definition) is 2. The summed E-state index contributed by atoms with van der Waals surface area (Å²) in [6.07, 6.45) is 7.05. The molecule has 0 bridgehead atoms. The van der Waals surface area contributed by atoms with Crippen molar-refractivity contribution in [2.24, 2.45) is 0 Å². The van der Waals surface area contributed by atoms with Crippen LogP contribution in [-0.4, -0.2) is 39.5 Å². The number of aromatic amines is 1. The quantitative estimate of drug-likeness (QED) is 0.544. The van der Waals surface area contributed by atoms with Crippen LogP contribution >= 0.6 is 0 Å². The Morgan fingerprint density at radius 3 is 3.04 bits per heavy atom. The first kappa shape index (κ1) is 16.9. The number of rotatable bonds is 5. The highest BCUT2D eigenvalue weighted by Gasteiger charge is 2.15. The van der Waals surface area contributed by atoms with E-state index in [1.165, 1.54) is 6.42 Å². The summed E-state index contributed by atoms with van der Waals surface area (Å²) in [4.78, 5) is 8.66. The molecule has 1 aliphatic heterocycles. The van der Waals surface area contributed by atoms with Gasteiger partial charge < -0.3 is 14.8 Å². The molecule has 1 saturated heterocycles. The predicted molar refractivity (Wildman–Crippen MR) is 108 cm³/mol. The van der Waals surface area contributed by atoms with Gasteiger partial charge in [-0.1, -0.05) is 0 Å². The lowest BCUT2D eigenvalue weighted by Gasteiger charge is -2.22. The molecular weight excluding hydrogens is 354 g/mol. The molecule has 0 amide bonds. The average molecular weight is 375 g/mol. The van der Waals surface area contributed by atoms with Gasteiger partial charge in [-0.15, -0.1) is 0 Å². The van der Waals surface area contributed by atoms with Crippen LogP contribution in [0, 0.1) is 0 Å². The van der Waals surface area contributed by atoms with Gasteiger partial charge in [-0.3, -0.25) is 5.10 Å². The van der Waals surface area contributed by atoms with Crippen molar-refractivity contribution in [2.75, 3.05) is 18.5 Å². The Balaban J connectivity index is 1.37. The average Bonchev–Trinajstić information content (AvgIpc) is 3.16. The van der Waals surface area contributed by atoms with E-state index in [9.17, 15) is 0 Å². The van der Waals surface area contributed by atoms with Crippen molar-refractivity contribution in [3.8, 4) is 5.88 Å². The van der Waals surface area contributed by atoms with Crippen molar-refractivity contribution in [3.63, 3.8) is 0 Å². The fraction of sp³-hybridized carbons (Fsp3) is 0.286. The molecular formula is C21H21N5O2. The molecule has 1 aliphatic rings. The van der Waals surface area contributed by atoms with E-state index in [0.717, 1.165) is 47.1 Å². The van der Waals surface area contributed by atoms with Gasteiger partial charge in [-0.05, 0) is 61.0 Å². The molecule has 4 aromatic rings. The number of nitrogens with one attached hydrogen (secondary N) is 2. The Morgan fingerprint density at radius 2 is 2.11 bits per heavy atom. The zero-order chi connectivity index (χ0) is 18.8. The molecule has 2 N–H and O–H groups in total. The van der Waals surface area contributed by atoms with Crippen LogP contribution < -0.4 is 10.1 Å². The molecule has 1 aromatic carbocycles. The Hall–Kier alpha value is -3.19. The van der Waals surface area contributed by atoms with Gasteiger partial charge in [0, 0.05) is 30.1 Å². The van der Waals surface area contributed by atoms with Crippen LogP contribution in [-0.2, 0) is 4.74 Å². The molecule has 0 spiro atoms. The Morgan fingerprint density at radius 1 is 1.11 bits per heavy atom. The standard InChI is InChI=1S/C21H21N5O2/c1-2-11-27-16(4-1)13-28-21-17-7-6-15(12-14(17)8-10-23-21)24-20-18-5-3-9-22-19(18)25-26-20/h3,5-10,12,16H,1-2,4,11,13H2,(H2,22,24,25,26). The highest BCUT2D eigenvalue weighted by atomic mass is 16.5. The molecule has 0 radical (unpaired) electrons. The van der Waals surface area contributed by atoms with Crippen molar-refractivity contribution >= 4 is 33.3 Å². The molecule has 4 heterocycles. The zero-order valence-corrected chi connectivity index (χ0v) is 15.4. The second-order valence-corrected chi connectivity index (χ2v) is 6.95. The fourth-order valence-electron chi connectivity index (χ4n) is 3.54. The summed E-state index contributed by atoms with van der Waals surface area (Å²) in [5.74, 6) is 1.47. The highest BCUT2D eigenvalue weighted by Crippen LogP contribution is 2.29. The van der Waals surface area contributed by atoms with Crippen molar-refractivity contribution in [1.29, 1.82) is 0 Å². The summed E-state index contributed by atoms with van der Waals surface area (Å²) in [5, 5.41) is 13.6. The minimum absolute atomic E-state index is 0.161. The highest BCUT2D eigenvalue weighted by molar-refractivity contribution is 5.92. The largest absolute Gasteiger partial charge is 0.474 e. The topological polar surface area (TPSA) is 85.0 Å². The second kappa shape index (κ2) is 7.44. The SMILES string of the molecule is c1cnc2n[nH]c(Nc3ccc4c(OCC5CCCCO5)nccc4c3)c2c1. The monoisotopic (exact) mass is 375 g/mol. The van der Waals surface area contributed by atoms with E-state index < -0.39 is 0 Å². The molecule has 1 fully saturated rings. The van der Waals surface area contributed by atoms with Crippen LogP contribution in [0.15, 0.2) is 48.8 Å². The molecule has 7 heteroatoms. The molecule has 0 saturated carbocycles. The summed E-state index contributed by atoms with van der Waals surface area (Å²) in [5.41, 5.74) is 1.64. The summed E-state index contributed by atoms with van der Waals surface area (Å²) >= 11 is 0. The van der Waals surface area contributed by atoms with Crippen molar-refractivity contribution in [2.45, 2.75) is 25.4 Å². The third-order valence-electron chi connectivity index (χ3n) is 5.01. The van der Waals surface area contributed by atoms with Gasteiger partial charge in [0.2, 0.25) is 5.88 Å². The Kier molecular flexibility index (Phi) is 4.50. The van der Waals surface area contributed by atoms with E-state index in [-0.39, 0.29) is 6.10 Å². The van der Waals surface area contributed by atoms with Gasteiger partial charge in [0.15, 0.2) is 5.65 Å². The van der Waals surface area contributed by atoms with Gasteiger partial charge in [0.25, 0.3) is 0 Å². The number of H-pyrrole nitrogens is 1. The molecule has 0 aliphatic carbocycles. The molecule has 3 aromatic heterocycles. The summed E-state index contributed by atoms with van der Waals surface area (Å²) in [6, 6.07) is 12.0. The van der Waals surface area contributed by atoms with E-state index in [4.69, 9.17) is 9.47 Å². The summed E-state index contributed by atoms with van der Waals surface area (Å²) < 4.78 is 11.7. The Bertz CT molecular complexity index is 1100. The van der Waals surface area contributed by atoms with Crippen LogP contribution in [0.25, 0.3) is 21.8 Å². The zero-order valence-electron chi connectivity index (χ0n) is 15.4. The van der Waals surface area contributed by atoms with Gasteiger partial charge >= 0.3 is 0 Å². The first-order valence-corrected chi connectivity index (χ1v) is 9.56. The van der Waals surface area contributed by atoms with Crippen LogP contribution in [0.2, 0.25) is 0 Å². The first-order valence-electron chi connectivity index (χ1n) is 9.56. The van der Waals surface area contributed by atoms with E-state index in [2.05, 4.69) is 31.5 Å². The van der Waals surface area contributed by atoms with Gasteiger partial charge in [-0.25, -0.2) is 9.97 Å². The van der Waals surface area contributed by atoms with Crippen molar-refractivity contribution in [3.05, 3.63) is 48.8 Å². The molecule has 142 valence electrons. The first-order chi connectivity index (χ1) is 13.9. The Labute approximate surface area is 162 Å². The summed E-state index contributed by atoms with van der Waals surface area (Å²) in [7, 11) is 0. The molecule has 7 nitrogen and oxygen atoms in total. The van der Waals surface area contributed by atoms with E-state index in [1.54, 1.807) is 12.4 Å². The minimum atomic E-state index is 0.161. The fourth-order valence-corrected chi connectivity index (χ4v) is 3.54.